The van der Waals surface area contributed by atoms with Gasteiger partial charge >= 0.3 is 0 Å². The highest BCUT2D eigenvalue weighted by Gasteiger charge is 2.33. The third-order valence-electron chi connectivity index (χ3n) is 3.50. The zero-order valence-corrected chi connectivity index (χ0v) is 13.3. The van der Waals surface area contributed by atoms with E-state index in [0.29, 0.717) is 26.2 Å². The van der Waals surface area contributed by atoms with E-state index in [-0.39, 0.29) is 10.6 Å². The van der Waals surface area contributed by atoms with Crippen molar-refractivity contribution in [3.05, 3.63) is 46.5 Å². The van der Waals surface area contributed by atoms with Crippen LogP contribution in [0.3, 0.4) is 0 Å². The predicted molar refractivity (Wildman–Crippen MR) is 83.1 cm³/mol. The van der Waals surface area contributed by atoms with Gasteiger partial charge in [-0.15, -0.1) is 0 Å². The molecule has 1 aromatic rings. The number of benzene rings is 1. The minimum atomic E-state index is -3.85. The molecule has 1 heterocycles. The Hall–Kier alpha value is -1.77. The lowest BCUT2D eigenvalue weighted by molar-refractivity contribution is -0.387. The normalized spacial score (nSPS) is 17.3. The van der Waals surface area contributed by atoms with E-state index in [1.165, 1.54) is 28.6 Å². The van der Waals surface area contributed by atoms with Crippen molar-refractivity contribution in [2.75, 3.05) is 32.7 Å². The fourth-order valence-corrected chi connectivity index (χ4v) is 4.05. The van der Waals surface area contributed by atoms with Crippen molar-refractivity contribution >= 4 is 15.7 Å². The first-order valence-corrected chi connectivity index (χ1v) is 8.36. The van der Waals surface area contributed by atoms with Crippen molar-refractivity contribution in [3.8, 4) is 0 Å². The lowest BCUT2D eigenvalue weighted by Gasteiger charge is -2.33. The molecule has 0 bridgehead atoms. The molecule has 1 aliphatic rings. The number of nitrogens with zero attached hydrogens (tertiary/aromatic N) is 3. The maximum absolute atomic E-state index is 12.6. The van der Waals surface area contributed by atoms with Crippen LogP contribution < -0.4 is 0 Å². The monoisotopic (exact) mass is 325 g/mol. The van der Waals surface area contributed by atoms with Gasteiger partial charge in [-0.05, 0) is 13.0 Å². The molecular formula is C14H19N3O4S. The minimum Gasteiger partial charge on any atom is -0.297 e. The Morgan fingerprint density at radius 1 is 1.27 bits per heavy atom. The van der Waals surface area contributed by atoms with Crippen LogP contribution in [0.4, 0.5) is 5.69 Å². The number of sulfonamides is 1. The Morgan fingerprint density at radius 2 is 1.86 bits per heavy atom. The summed E-state index contributed by atoms with van der Waals surface area (Å²) < 4.78 is 26.6. The summed E-state index contributed by atoms with van der Waals surface area (Å²) in [4.78, 5) is 12.2. The molecule has 0 atom stereocenters. The highest BCUT2D eigenvalue weighted by molar-refractivity contribution is 7.89. The average molecular weight is 325 g/mol. The summed E-state index contributed by atoms with van der Waals surface area (Å²) in [5, 5.41) is 11.0. The van der Waals surface area contributed by atoms with Gasteiger partial charge in [0.15, 0.2) is 4.90 Å². The second-order valence-electron chi connectivity index (χ2n) is 5.36. The van der Waals surface area contributed by atoms with Crippen LogP contribution >= 0.6 is 0 Å². The van der Waals surface area contributed by atoms with E-state index < -0.39 is 14.9 Å². The van der Waals surface area contributed by atoms with Crippen LogP contribution in [0, 0.1) is 10.1 Å². The molecule has 0 radical (unpaired) electrons. The van der Waals surface area contributed by atoms with E-state index in [1.54, 1.807) is 0 Å². The van der Waals surface area contributed by atoms with E-state index in [0.717, 1.165) is 12.1 Å². The Labute approximate surface area is 130 Å². The quantitative estimate of drug-likeness (QED) is 0.465. The maximum atomic E-state index is 12.6. The summed E-state index contributed by atoms with van der Waals surface area (Å²) in [6.07, 6.45) is 0. The van der Waals surface area contributed by atoms with Gasteiger partial charge in [0.05, 0.1) is 4.92 Å². The second kappa shape index (κ2) is 6.55. The van der Waals surface area contributed by atoms with Gasteiger partial charge in [0, 0.05) is 38.8 Å². The number of hydrogen-bond acceptors (Lipinski definition) is 5. The fraction of sp³-hybridized carbons (Fsp3) is 0.429. The molecular weight excluding hydrogens is 306 g/mol. The number of piperazine rings is 1. The van der Waals surface area contributed by atoms with Crippen molar-refractivity contribution in [2.45, 2.75) is 11.8 Å². The second-order valence-corrected chi connectivity index (χ2v) is 7.27. The molecule has 1 saturated heterocycles. The molecule has 0 aliphatic carbocycles. The topological polar surface area (TPSA) is 83.8 Å². The summed E-state index contributed by atoms with van der Waals surface area (Å²) in [7, 11) is -3.85. The van der Waals surface area contributed by atoms with Gasteiger partial charge in [-0.3, -0.25) is 15.0 Å². The molecule has 0 N–H and O–H groups in total. The van der Waals surface area contributed by atoms with Crippen LogP contribution in [0.1, 0.15) is 6.92 Å². The number of para-hydroxylation sites is 1. The summed E-state index contributed by atoms with van der Waals surface area (Å²) in [6, 6.07) is 5.46. The minimum absolute atomic E-state index is 0.242. The summed E-state index contributed by atoms with van der Waals surface area (Å²) >= 11 is 0. The SMILES string of the molecule is C=C(C)CN1CCN(S(=O)(=O)c2ccccc2[N+](=O)[O-])CC1. The van der Waals surface area contributed by atoms with Gasteiger partial charge in [0.25, 0.3) is 5.69 Å². The van der Waals surface area contributed by atoms with E-state index in [9.17, 15) is 18.5 Å². The van der Waals surface area contributed by atoms with Crippen LogP contribution in [-0.4, -0.2) is 55.3 Å². The third-order valence-corrected chi connectivity index (χ3v) is 5.45. The molecule has 0 amide bonds. The van der Waals surface area contributed by atoms with E-state index in [4.69, 9.17) is 0 Å². The fourth-order valence-electron chi connectivity index (χ4n) is 2.47. The number of rotatable bonds is 5. The van der Waals surface area contributed by atoms with E-state index in [2.05, 4.69) is 11.5 Å². The Morgan fingerprint density at radius 3 is 2.41 bits per heavy atom. The summed E-state index contributed by atoms with van der Waals surface area (Å²) in [5.41, 5.74) is 0.641. The zero-order chi connectivity index (χ0) is 16.3. The highest BCUT2D eigenvalue weighted by Crippen LogP contribution is 2.26. The molecule has 22 heavy (non-hydrogen) atoms. The Bertz CT molecular complexity index is 679. The van der Waals surface area contributed by atoms with Gasteiger partial charge < -0.3 is 0 Å². The van der Waals surface area contributed by atoms with Crippen LogP contribution in [0.5, 0.6) is 0 Å². The van der Waals surface area contributed by atoms with Gasteiger partial charge in [-0.1, -0.05) is 24.3 Å². The number of hydrogen-bond donors (Lipinski definition) is 0. The van der Waals surface area contributed by atoms with Crippen molar-refractivity contribution in [1.29, 1.82) is 0 Å². The average Bonchev–Trinajstić information content (AvgIpc) is 2.47. The smallest absolute Gasteiger partial charge is 0.289 e. The lowest BCUT2D eigenvalue weighted by Crippen LogP contribution is -2.48. The predicted octanol–water partition coefficient (Wildman–Crippen LogP) is 1.48. The lowest BCUT2D eigenvalue weighted by atomic mass is 10.3. The van der Waals surface area contributed by atoms with Crippen LogP contribution in [0.25, 0.3) is 0 Å². The van der Waals surface area contributed by atoms with Crippen molar-refractivity contribution < 1.29 is 13.3 Å². The van der Waals surface area contributed by atoms with Gasteiger partial charge in [-0.2, -0.15) is 4.31 Å². The molecule has 0 saturated carbocycles. The van der Waals surface area contributed by atoms with Gasteiger partial charge in [-0.25, -0.2) is 8.42 Å². The van der Waals surface area contributed by atoms with Crippen LogP contribution in [-0.2, 0) is 10.0 Å². The molecule has 1 fully saturated rings. The molecule has 0 spiro atoms. The highest BCUT2D eigenvalue weighted by atomic mass is 32.2. The van der Waals surface area contributed by atoms with Crippen molar-refractivity contribution in [3.63, 3.8) is 0 Å². The van der Waals surface area contributed by atoms with Crippen LogP contribution in [0.2, 0.25) is 0 Å². The standard InChI is InChI=1S/C14H19N3O4S/c1-12(2)11-15-7-9-16(10-8-15)22(20,21)14-6-4-3-5-13(14)17(18)19/h3-6H,1,7-11H2,2H3. The number of nitro groups is 1. The largest absolute Gasteiger partial charge is 0.297 e. The van der Waals surface area contributed by atoms with Crippen molar-refractivity contribution in [2.24, 2.45) is 0 Å². The van der Waals surface area contributed by atoms with E-state index >= 15 is 0 Å². The maximum Gasteiger partial charge on any atom is 0.289 e. The van der Waals surface area contributed by atoms with Gasteiger partial charge in [0.1, 0.15) is 0 Å². The molecule has 1 aromatic carbocycles. The van der Waals surface area contributed by atoms with Crippen LogP contribution in [0.15, 0.2) is 41.3 Å². The van der Waals surface area contributed by atoms with E-state index in [1.807, 2.05) is 6.92 Å². The molecule has 1 aliphatic heterocycles. The summed E-state index contributed by atoms with van der Waals surface area (Å²) in [5.74, 6) is 0. The Balaban J connectivity index is 2.19. The number of nitro benzene ring substituents is 1. The molecule has 8 heteroatoms. The first kappa shape index (κ1) is 16.6. The third kappa shape index (κ3) is 3.52. The first-order valence-electron chi connectivity index (χ1n) is 6.92. The first-order chi connectivity index (χ1) is 10.3. The van der Waals surface area contributed by atoms with Gasteiger partial charge in [0.2, 0.25) is 10.0 Å². The molecule has 7 nitrogen and oxygen atoms in total. The summed E-state index contributed by atoms with van der Waals surface area (Å²) in [6.45, 7) is 8.33. The molecule has 0 aromatic heterocycles. The Kier molecular flexibility index (Phi) is 4.94. The molecule has 2 rings (SSSR count). The van der Waals surface area contributed by atoms with Crippen molar-refractivity contribution in [1.82, 2.24) is 9.21 Å². The molecule has 0 unspecified atom stereocenters. The zero-order valence-electron chi connectivity index (χ0n) is 12.4. The molecule has 120 valence electrons.